The number of halogens is 1. The van der Waals surface area contributed by atoms with Gasteiger partial charge in [-0.05, 0) is 53.1 Å². The third kappa shape index (κ3) is 4.66. The molecule has 17 heavy (non-hydrogen) atoms. The van der Waals surface area contributed by atoms with Gasteiger partial charge in [-0.1, -0.05) is 13.0 Å². The highest BCUT2D eigenvalue weighted by Gasteiger charge is 2.07. The highest BCUT2D eigenvalue weighted by molar-refractivity contribution is 9.10. The van der Waals surface area contributed by atoms with Crippen LogP contribution in [0.3, 0.4) is 0 Å². The van der Waals surface area contributed by atoms with E-state index in [1.165, 1.54) is 5.56 Å². The molecule has 0 saturated heterocycles. The van der Waals surface area contributed by atoms with Crippen LogP contribution in [-0.4, -0.2) is 32.1 Å². The molecule has 1 aromatic rings. The number of nitrogens with two attached hydrogens (primary N) is 1. The molecule has 0 fully saturated rings. The van der Waals surface area contributed by atoms with Gasteiger partial charge < -0.3 is 15.4 Å². The standard InChI is InChI=1S/C13H21BrN2O/c1-10(7-15)8-16(2)9-11-4-5-13(17-3)12(14)6-11/h4-6,10H,7-9,15H2,1-3H3. The number of hydrogen-bond donors (Lipinski definition) is 1. The number of ether oxygens (including phenoxy) is 1. The number of nitrogens with zero attached hydrogens (tertiary/aromatic N) is 1. The van der Waals surface area contributed by atoms with E-state index in [0.717, 1.165) is 29.9 Å². The molecule has 96 valence electrons. The number of rotatable bonds is 6. The van der Waals surface area contributed by atoms with Crippen LogP contribution in [0.15, 0.2) is 22.7 Å². The summed E-state index contributed by atoms with van der Waals surface area (Å²) in [6.45, 7) is 4.84. The Hall–Kier alpha value is -0.580. The van der Waals surface area contributed by atoms with E-state index in [1.54, 1.807) is 7.11 Å². The van der Waals surface area contributed by atoms with Gasteiger partial charge in [0.1, 0.15) is 5.75 Å². The Morgan fingerprint density at radius 1 is 1.47 bits per heavy atom. The van der Waals surface area contributed by atoms with Crippen LogP contribution in [0.4, 0.5) is 0 Å². The molecule has 0 aliphatic rings. The lowest BCUT2D eigenvalue weighted by Gasteiger charge is -2.20. The Labute approximate surface area is 112 Å². The minimum atomic E-state index is 0.529. The largest absolute Gasteiger partial charge is 0.496 e. The molecule has 3 nitrogen and oxygen atoms in total. The molecule has 0 spiro atoms. The van der Waals surface area contributed by atoms with Crippen molar-refractivity contribution in [2.24, 2.45) is 11.7 Å². The van der Waals surface area contributed by atoms with E-state index >= 15 is 0 Å². The highest BCUT2D eigenvalue weighted by Crippen LogP contribution is 2.25. The van der Waals surface area contributed by atoms with E-state index in [-0.39, 0.29) is 0 Å². The summed E-state index contributed by atoms with van der Waals surface area (Å²) in [6.07, 6.45) is 0. The topological polar surface area (TPSA) is 38.5 Å². The molecule has 0 amide bonds. The monoisotopic (exact) mass is 300 g/mol. The normalized spacial score (nSPS) is 12.8. The van der Waals surface area contributed by atoms with Gasteiger partial charge in [-0.15, -0.1) is 0 Å². The van der Waals surface area contributed by atoms with Crippen molar-refractivity contribution in [3.05, 3.63) is 28.2 Å². The average Bonchev–Trinajstić information content (AvgIpc) is 2.29. The maximum atomic E-state index is 5.63. The molecule has 1 atom stereocenters. The van der Waals surface area contributed by atoms with E-state index in [2.05, 4.69) is 46.9 Å². The maximum Gasteiger partial charge on any atom is 0.133 e. The lowest BCUT2D eigenvalue weighted by molar-refractivity contribution is 0.282. The molecule has 0 saturated carbocycles. The molecule has 0 aliphatic carbocycles. The third-order valence-electron chi connectivity index (χ3n) is 2.69. The lowest BCUT2D eigenvalue weighted by atomic mass is 10.1. The molecule has 0 aromatic heterocycles. The van der Waals surface area contributed by atoms with Crippen molar-refractivity contribution in [1.82, 2.24) is 4.90 Å². The zero-order valence-electron chi connectivity index (χ0n) is 10.7. The summed E-state index contributed by atoms with van der Waals surface area (Å²) in [5.41, 5.74) is 6.89. The summed E-state index contributed by atoms with van der Waals surface area (Å²) in [5.74, 6) is 1.40. The summed E-state index contributed by atoms with van der Waals surface area (Å²) in [7, 11) is 3.79. The van der Waals surface area contributed by atoms with Crippen molar-refractivity contribution in [3.63, 3.8) is 0 Å². The molecular formula is C13H21BrN2O. The van der Waals surface area contributed by atoms with Crippen LogP contribution in [0.5, 0.6) is 5.75 Å². The quantitative estimate of drug-likeness (QED) is 0.877. The van der Waals surface area contributed by atoms with Crippen LogP contribution in [-0.2, 0) is 6.54 Å². The summed E-state index contributed by atoms with van der Waals surface area (Å²) in [5, 5.41) is 0. The van der Waals surface area contributed by atoms with Crippen LogP contribution in [0.1, 0.15) is 12.5 Å². The van der Waals surface area contributed by atoms with Crippen LogP contribution < -0.4 is 10.5 Å². The van der Waals surface area contributed by atoms with E-state index in [0.29, 0.717) is 5.92 Å². The van der Waals surface area contributed by atoms with Gasteiger partial charge in [0.05, 0.1) is 11.6 Å². The fourth-order valence-electron chi connectivity index (χ4n) is 1.79. The summed E-state index contributed by atoms with van der Waals surface area (Å²) >= 11 is 3.50. The van der Waals surface area contributed by atoms with E-state index in [1.807, 2.05) is 6.07 Å². The highest BCUT2D eigenvalue weighted by atomic mass is 79.9. The van der Waals surface area contributed by atoms with Crippen LogP contribution in [0, 0.1) is 5.92 Å². The fraction of sp³-hybridized carbons (Fsp3) is 0.538. The lowest BCUT2D eigenvalue weighted by Crippen LogP contribution is -2.28. The van der Waals surface area contributed by atoms with Gasteiger partial charge in [-0.2, -0.15) is 0 Å². The molecule has 0 aliphatic heterocycles. The second-order valence-corrected chi connectivity index (χ2v) is 5.36. The van der Waals surface area contributed by atoms with Crippen LogP contribution in [0.2, 0.25) is 0 Å². The Balaban J connectivity index is 2.59. The zero-order valence-corrected chi connectivity index (χ0v) is 12.3. The molecule has 0 heterocycles. The first-order valence-electron chi connectivity index (χ1n) is 5.77. The van der Waals surface area contributed by atoms with Crippen LogP contribution in [0.25, 0.3) is 0 Å². The van der Waals surface area contributed by atoms with Gasteiger partial charge in [-0.3, -0.25) is 0 Å². The summed E-state index contributed by atoms with van der Waals surface area (Å²) in [4.78, 5) is 2.28. The van der Waals surface area contributed by atoms with E-state index in [9.17, 15) is 0 Å². The molecular weight excluding hydrogens is 280 g/mol. The van der Waals surface area contributed by atoms with Crippen molar-refractivity contribution < 1.29 is 4.74 Å². The summed E-state index contributed by atoms with van der Waals surface area (Å²) < 4.78 is 6.21. The first-order chi connectivity index (χ1) is 8.06. The molecule has 1 aromatic carbocycles. The van der Waals surface area contributed by atoms with Gasteiger partial charge in [0.15, 0.2) is 0 Å². The minimum absolute atomic E-state index is 0.529. The van der Waals surface area contributed by atoms with Crippen LogP contribution >= 0.6 is 15.9 Å². The van der Waals surface area contributed by atoms with Gasteiger partial charge >= 0.3 is 0 Å². The smallest absolute Gasteiger partial charge is 0.133 e. The second kappa shape index (κ2) is 6.99. The Kier molecular flexibility index (Phi) is 5.95. The van der Waals surface area contributed by atoms with Gasteiger partial charge in [0.2, 0.25) is 0 Å². The average molecular weight is 301 g/mol. The van der Waals surface area contributed by atoms with Gasteiger partial charge in [0, 0.05) is 13.1 Å². The SMILES string of the molecule is COc1ccc(CN(C)CC(C)CN)cc1Br. The van der Waals surface area contributed by atoms with Crippen molar-refractivity contribution in [2.75, 3.05) is 27.2 Å². The second-order valence-electron chi connectivity index (χ2n) is 4.51. The first-order valence-corrected chi connectivity index (χ1v) is 6.57. The molecule has 1 unspecified atom stereocenters. The number of benzene rings is 1. The molecule has 1 rings (SSSR count). The molecule has 0 radical (unpaired) electrons. The number of hydrogen-bond acceptors (Lipinski definition) is 3. The van der Waals surface area contributed by atoms with Gasteiger partial charge in [-0.25, -0.2) is 0 Å². The Morgan fingerprint density at radius 3 is 2.71 bits per heavy atom. The van der Waals surface area contributed by atoms with Gasteiger partial charge in [0.25, 0.3) is 0 Å². The maximum absolute atomic E-state index is 5.63. The zero-order chi connectivity index (χ0) is 12.8. The van der Waals surface area contributed by atoms with Crippen molar-refractivity contribution in [3.8, 4) is 5.75 Å². The Morgan fingerprint density at radius 2 is 2.18 bits per heavy atom. The minimum Gasteiger partial charge on any atom is -0.496 e. The van der Waals surface area contributed by atoms with E-state index < -0.39 is 0 Å². The van der Waals surface area contributed by atoms with Crippen molar-refractivity contribution in [2.45, 2.75) is 13.5 Å². The third-order valence-corrected chi connectivity index (χ3v) is 3.31. The van der Waals surface area contributed by atoms with Crippen molar-refractivity contribution >= 4 is 15.9 Å². The van der Waals surface area contributed by atoms with E-state index in [4.69, 9.17) is 10.5 Å². The first kappa shape index (κ1) is 14.5. The van der Waals surface area contributed by atoms with Crippen molar-refractivity contribution in [1.29, 1.82) is 0 Å². The predicted molar refractivity (Wildman–Crippen MR) is 75.2 cm³/mol. The number of methoxy groups -OCH3 is 1. The summed E-state index contributed by atoms with van der Waals surface area (Å²) in [6, 6.07) is 6.18. The Bertz CT molecular complexity index is 357. The molecule has 2 N–H and O–H groups in total. The predicted octanol–water partition coefficient (Wildman–Crippen LogP) is 2.48. The fourth-order valence-corrected chi connectivity index (χ4v) is 2.38. The molecule has 0 bridgehead atoms. The molecule has 4 heteroatoms.